The van der Waals surface area contributed by atoms with E-state index in [0.717, 1.165) is 39.3 Å². The Balaban J connectivity index is 0.000000218. The van der Waals surface area contributed by atoms with E-state index in [-0.39, 0.29) is 47.7 Å². The Labute approximate surface area is 345 Å². The zero-order valence-corrected chi connectivity index (χ0v) is 33.5. The molecule has 2 saturated heterocycles. The quantitative estimate of drug-likeness (QED) is 0.159. The lowest BCUT2D eigenvalue weighted by Gasteiger charge is -2.34. The van der Waals surface area contributed by atoms with Gasteiger partial charge >= 0.3 is 11.9 Å². The van der Waals surface area contributed by atoms with Crippen molar-refractivity contribution in [1.82, 2.24) is 19.6 Å². The van der Waals surface area contributed by atoms with E-state index in [1.54, 1.807) is 9.80 Å². The van der Waals surface area contributed by atoms with Gasteiger partial charge in [0.05, 0.1) is 7.11 Å². The second kappa shape index (κ2) is 20.9. The van der Waals surface area contributed by atoms with Crippen molar-refractivity contribution in [2.45, 2.75) is 13.1 Å². The highest BCUT2D eigenvalue weighted by atomic mass is 35.5. The number of carbonyl (C=O) groups excluding carboxylic acids is 2. The molecule has 2 N–H and O–H groups in total. The number of piperazine rings is 2. The number of carboxylic acids is 2. The number of rotatable bonds is 13. The molecule has 2 heterocycles. The topological polar surface area (TPSA) is 149 Å². The van der Waals surface area contributed by atoms with Gasteiger partial charge in [-0.25, -0.2) is 9.59 Å². The van der Waals surface area contributed by atoms with Crippen LogP contribution in [0.15, 0.2) is 84.9 Å². The van der Waals surface area contributed by atoms with Crippen molar-refractivity contribution in [3.05, 3.63) is 122 Å². The Morgan fingerprint density at radius 1 is 0.544 bits per heavy atom. The van der Waals surface area contributed by atoms with Gasteiger partial charge in [0.15, 0.2) is 13.2 Å². The molecule has 4 aromatic carbocycles. The number of amides is 2. The number of aromatic carboxylic acids is 2. The molecule has 0 saturated carbocycles. The van der Waals surface area contributed by atoms with Crippen LogP contribution in [0.4, 0.5) is 0 Å². The summed E-state index contributed by atoms with van der Waals surface area (Å²) < 4.78 is 16.1. The fraction of sp³-hybridized carbons (Fsp3) is 0.317. The lowest BCUT2D eigenvalue weighted by atomic mass is 10.2. The zero-order chi connectivity index (χ0) is 40.9. The fourth-order valence-corrected chi connectivity index (χ4v) is 6.60. The smallest absolute Gasteiger partial charge is 0.339 e. The number of halogens is 3. The molecule has 2 fully saturated rings. The number of nitrogens with zero attached hydrogens (tertiary/aromatic N) is 4. The fourth-order valence-electron chi connectivity index (χ4n) is 6.19. The van der Waals surface area contributed by atoms with Gasteiger partial charge in [0.25, 0.3) is 11.8 Å². The van der Waals surface area contributed by atoms with Gasteiger partial charge in [-0.2, -0.15) is 0 Å². The molecule has 0 radical (unpaired) electrons. The van der Waals surface area contributed by atoms with Gasteiger partial charge in [-0.3, -0.25) is 19.4 Å². The lowest BCUT2D eigenvalue weighted by Crippen LogP contribution is -2.49. The van der Waals surface area contributed by atoms with Crippen LogP contribution in [0.1, 0.15) is 31.8 Å². The molecule has 0 atom stereocenters. The van der Waals surface area contributed by atoms with Crippen LogP contribution in [0.3, 0.4) is 0 Å². The molecule has 302 valence electrons. The van der Waals surface area contributed by atoms with Crippen molar-refractivity contribution in [3.8, 4) is 17.2 Å². The van der Waals surface area contributed by atoms with Crippen molar-refractivity contribution in [2.24, 2.45) is 0 Å². The third-order valence-electron chi connectivity index (χ3n) is 9.38. The van der Waals surface area contributed by atoms with Crippen molar-refractivity contribution in [3.63, 3.8) is 0 Å². The summed E-state index contributed by atoms with van der Waals surface area (Å²) in [4.78, 5) is 55.5. The van der Waals surface area contributed by atoms with E-state index in [1.807, 2.05) is 48.5 Å². The van der Waals surface area contributed by atoms with Gasteiger partial charge in [-0.15, -0.1) is 0 Å². The van der Waals surface area contributed by atoms with Crippen LogP contribution in [0.25, 0.3) is 0 Å². The van der Waals surface area contributed by atoms with E-state index in [0.29, 0.717) is 47.0 Å². The number of hydrogen-bond acceptors (Lipinski definition) is 9. The van der Waals surface area contributed by atoms with E-state index in [9.17, 15) is 29.4 Å². The summed E-state index contributed by atoms with van der Waals surface area (Å²) in [5.41, 5.74) is 2.32. The van der Waals surface area contributed by atoms with E-state index in [4.69, 9.17) is 49.0 Å². The highest BCUT2D eigenvalue weighted by Gasteiger charge is 2.24. The van der Waals surface area contributed by atoms with Crippen LogP contribution in [-0.4, -0.2) is 126 Å². The molecule has 0 spiro atoms. The number of benzene rings is 4. The van der Waals surface area contributed by atoms with Crippen molar-refractivity contribution < 1.29 is 43.6 Å². The van der Waals surface area contributed by atoms with Gasteiger partial charge in [-0.05, 0) is 65.7 Å². The van der Waals surface area contributed by atoms with Gasteiger partial charge in [-0.1, -0.05) is 59.1 Å². The van der Waals surface area contributed by atoms with Gasteiger partial charge in [0.1, 0.15) is 28.4 Å². The first-order chi connectivity index (χ1) is 27.4. The van der Waals surface area contributed by atoms with Crippen molar-refractivity contribution >= 4 is 58.6 Å². The van der Waals surface area contributed by atoms with Gasteiger partial charge in [0, 0.05) is 86.6 Å². The molecule has 4 aromatic rings. The normalized spacial score (nSPS) is 14.6. The molecule has 0 aromatic heterocycles. The predicted molar refractivity (Wildman–Crippen MR) is 216 cm³/mol. The number of carboxylic acid groups (broad SMARTS) is 2. The Kier molecular flexibility index (Phi) is 15.8. The summed E-state index contributed by atoms with van der Waals surface area (Å²) in [5.74, 6) is -1.92. The maximum Gasteiger partial charge on any atom is 0.339 e. The first kappa shape index (κ1) is 43.1. The highest BCUT2D eigenvalue weighted by Crippen LogP contribution is 2.26. The Bertz CT molecular complexity index is 2000. The molecule has 2 aliphatic rings. The minimum atomic E-state index is -1.13. The summed E-state index contributed by atoms with van der Waals surface area (Å²) in [7, 11) is 1.48. The van der Waals surface area contributed by atoms with E-state index >= 15 is 0 Å². The average molecular weight is 842 g/mol. The van der Waals surface area contributed by atoms with Crippen molar-refractivity contribution in [1.29, 1.82) is 0 Å². The number of hydrogen-bond donors (Lipinski definition) is 2. The molecule has 2 aliphatic heterocycles. The third kappa shape index (κ3) is 13.0. The average Bonchev–Trinajstić information content (AvgIpc) is 3.21. The molecular weight excluding hydrogens is 799 g/mol. The summed E-state index contributed by atoms with van der Waals surface area (Å²) in [5, 5.41) is 20.3. The van der Waals surface area contributed by atoms with Crippen LogP contribution in [-0.2, 0) is 22.7 Å². The summed E-state index contributed by atoms with van der Waals surface area (Å²) in [6.45, 7) is 6.58. The molecule has 16 heteroatoms. The minimum absolute atomic E-state index is 0.00798. The van der Waals surface area contributed by atoms with E-state index in [2.05, 4.69) is 9.80 Å². The molecule has 0 aliphatic carbocycles. The van der Waals surface area contributed by atoms with Gasteiger partial charge in [0.2, 0.25) is 0 Å². The van der Waals surface area contributed by atoms with Crippen LogP contribution in [0, 0.1) is 0 Å². The maximum atomic E-state index is 12.5. The second-order valence-electron chi connectivity index (χ2n) is 13.3. The number of carbonyl (C=O) groups is 4. The Morgan fingerprint density at radius 3 is 1.33 bits per heavy atom. The summed E-state index contributed by atoms with van der Waals surface area (Å²) in [6.07, 6.45) is 0. The first-order valence-electron chi connectivity index (χ1n) is 18.1. The van der Waals surface area contributed by atoms with Crippen molar-refractivity contribution in [2.75, 3.05) is 72.7 Å². The monoisotopic (exact) mass is 840 g/mol. The highest BCUT2D eigenvalue weighted by molar-refractivity contribution is 6.31. The zero-order valence-electron chi connectivity index (χ0n) is 31.2. The molecule has 0 unspecified atom stereocenters. The number of ether oxygens (including phenoxy) is 3. The molecule has 2 amide bonds. The van der Waals surface area contributed by atoms with Crippen LogP contribution < -0.4 is 14.2 Å². The number of methoxy groups -OCH3 is 1. The van der Waals surface area contributed by atoms with Crippen LogP contribution in [0.2, 0.25) is 15.1 Å². The second-order valence-corrected chi connectivity index (χ2v) is 14.6. The molecule has 0 bridgehead atoms. The van der Waals surface area contributed by atoms with Crippen LogP contribution in [0.5, 0.6) is 17.2 Å². The summed E-state index contributed by atoms with van der Waals surface area (Å²) >= 11 is 17.7. The maximum absolute atomic E-state index is 12.5. The third-order valence-corrected chi connectivity index (χ3v) is 10.1. The summed E-state index contributed by atoms with van der Waals surface area (Å²) in [6, 6.07) is 24.1. The first-order valence-corrected chi connectivity index (χ1v) is 19.2. The predicted octanol–water partition coefficient (Wildman–Crippen LogP) is 6.18. The molecule has 6 rings (SSSR count). The van der Waals surface area contributed by atoms with E-state index in [1.165, 1.54) is 54.6 Å². The molecule has 13 nitrogen and oxygen atoms in total. The Morgan fingerprint density at radius 2 is 0.930 bits per heavy atom. The largest absolute Gasteiger partial charge is 0.497 e. The lowest BCUT2D eigenvalue weighted by molar-refractivity contribution is -0.135. The van der Waals surface area contributed by atoms with Crippen LogP contribution >= 0.6 is 34.8 Å². The van der Waals surface area contributed by atoms with Gasteiger partial charge < -0.3 is 34.2 Å². The van der Waals surface area contributed by atoms with E-state index < -0.39 is 11.9 Å². The SMILES string of the molecule is COc1ccc(C(=O)O)c(OCC(=O)N2CCN(Cc3ccc(Cl)cc3)CC2)c1.O=C(O)c1ccc(Cl)cc1OCC(=O)N1CCN(Cc2ccc(Cl)cc2)CC1. The standard InChI is InChI=1S/C21H23ClN2O5.C20H20Cl2N2O4/c1-28-17-6-7-18(21(26)27)19(12-17)29-14-20(25)24-10-8-23(9-11-24)13-15-2-4-16(22)5-3-15;21-15-3-1-14(2-4-15)12-23-7-9-24(10-8-23)19(25)13-28-18-11-16(22)5-6-17(18)20(26)27/h2-7,12H,8-11,13-14H2,1H3,(H,26,27);1-6,11H,7-10,12-13H2,(H,26,27). The molecule has 57 heavy (non-hydrogen) atoms. The minimum Gasteiger partial charge on any atom is -0.497 e. The Hall–Kier alpha value is -5.05. The molecular formula is C41H43Cl3N4O9.